The van der Waals surface area contributed by atoms with Gasteiger partial charge in [-0.25, -0.2) is 9.59 Å². The number of rotatable bonds is 18. The van der Waals surface area contributed by atoms with E-state index >= 15 is 0 Å². The van der Waals surface area contributed by atoms with Crippen LogP contribution < -0.4 is 9.47 Å². The van der Waals surface area contributed by atoms with Gasteiger partial charge in [0.1, 0.15) is 11.5 Å². The van der Waals surface area contributed by atoms with Crippen LogP contribution in [0.2, 0.25) is 5.02 Å². The molecule has 0 aromatic heterocycles. The number of carbonyl (C=O) groups is 2. The molecule has 0 saturated carbocycles. The molecule has 0 radical (unpaired) electrons. The Labute approximate surface area is 267 Å². The Morgan fingerprint density at radius 2 is 1.24 bits per heavy atom. The molecule has 8 nitrogen and oxygen atoms in total. The molecule has 2 atom stereocenters. The van der Waals surface area contributed by atoms with Crippen molar-refractivity contribution in [1.29, 1.82) is 0 Å². The third-order valence-electron chi connectivity index (χ3n) is 7.24. The van der Waals surface area contributed by atoms with Crippen molar-refractivity contribution in [2.75, 3.05) is 39.6 Å². The summed E-state index contributed by atoms with van der Waals surface area (Å²) in [6, 6.07) is 12.2. The molecule has 2 saturated heterocycles. The Hall–Kier alpha value is -3.02. The summed E-state index contributed by atoms with van der Waals surface area (Å²) in [7, 11) is 0. The number of epoxide rings is 2. The summed E-state index contributed by atoms with van der Waals surface area (Å²) in [6.07, 6.45) is 2.28. The highest BCUT2D eigenvalue weighted by atomic mass is 35.5. The number of hydrogen-bond acceptors (Lipinski definition) is 8. The van der Waals surface area contributed by atoms with E-state index in [0.29, 0.717) is 57.3 Å². The lowest BCUT2D eigenvalue weighted by Crippen LogP contribution is -2.27. The average Bonchev–Trinajstić information content (AvgIpc) is 3.95. The van der Waals surface area contributed by atoms with E-state index in [1.54, 1.807) is 6.92 Å². The lowest BCUT2D eigenvalue weighted by Gasteiger charge is -2.12. The molecule has 0 amide bonds. The minimum atomic E-state index is -4.38. The van der Waals surface area contributed by atoms with E-state index in [1.165, 1.54) is 12.1 Å². The summed E-state index contributed by atoms with van der Waals surface area (Å²) in [4.78, 5) is 23.4. The molecule has 2 aromatic rings. The van der Waals surface area contributed by atoms with Crippen LogP contribution in [0.1, 0.15) is 70.8 Å². The standard InChI is InChI=1S/C17H23ClO4.C16H19F3O4/c1-2-20-16(19)17(13-22-17)11-5-3-4-6-12-21-15-9-7-14(18)8-10-15;1-2-21-14(20)15(11-23-15)8-3-4-9-22-13-7-5-6-12(10-13)16(17,18)19/h7-10H,2-6,11-13H2,1H3;5-7,10H,2-4,8-9,11H2,1H3. The molecular formula is C33H42ClF3O8. The smallest absolute Gasteiger partial charge is 0.416 e. The quantitative estimate of drug-likeness (QED) is 0.0919. The van der Waals surface area contributed by atoms with Crippen molar-refractivity contribution in [2.45, 2.75) is 82.6 Å². The maximum absolute atomic E-state index is 12.6. The number of hydrogen-bond donors (Lipinski definition) is 0. The first-order valence-electron chi connectivity index (χ1n) is 15.3. The molecule has 4 rings (SSSR count). The number of halogens is 4. The van der Waals surface area contributed by atoms with Gasteiger partial charge in [-0.1, -0.05) is 30.5 Å². The maximum Gasteiger partial charge on any atom is 0.416 e. The van der Waals surface area contributed by atoms with Crippen molar-refractivity contribution in [3.05, 3.63) is 59.1 Å². The normalized spacial score (nSPS) is 20.0. The summed E-state index contributed by atoms with van der Waals surface area (Å²) in [5.74, 6) is 0.472. The van der Waals surface area contributed by atoms with Gasteiger partial charge in [0.15, 0.2) is 11.2 Å². The van der Waals surface area contributed by atoms with E-state index in [1.807, 2.05) is 31.2 Å². The Kier molecular flexibility index (Phi) is 14.3. The molecular weight excluding hydrogens is 617 g/mol. The fourth-order valence-corrected chi connectivity index (χ4v) is 4.61. The van der Waals surface area contributed by atoms with E-state index in [-0.39, 0.29) is 24.3 Å². The van der Waals surface area contributed by atoms with Crippen molar-refractivity contribution in [1.82, 2.24) is 0 Å². The molecule has 250 valence electrons. The molecule has 2 unspecified atom stereocenters. The topological polar surface area (TPSA) is 96.1 Å². The van der Waals surface area contributed by atoms with Gasteiger partial charge in [0, 0.05) is 5.02 Å². The number of alkyl halides is 3. The molecule has 2 aromatic carbocycles. The van der Waals surface area contributed by atoms with E-state index < -0.39 is 22.9 Å². The van der Waals surface area contributed by atoms with Crippen LogP contribution in [-0.4, -0.2) is 62.8 Å². The second-order valence-electron chi connectivity index (χ2n) is 10.8. The van der Waals surface area contributed by atoms with Gasteiger partial charge >= 0.3 is 18.1 Å². The van der Waals surface area contributed by atoms with E-state index in [9.17, 15) is 22.8 Å². The van der Waals surface area contributed by atoms with Gasteiger partial charge in [0.25, 0.3) is 0 Å². The van der Waals surface area contributed by atoms with Gasteiger partial charge in [-0.2, -0.15) is 13.2 Å². The van der Waals surface area contributed by atoms with Crippen LogP contribution in [-0.2, 0) is 34.7 Å². The lowest BCUT2D eigenvalue weighted by atomic mass is 10.0. The van der Waals surface area contributed by atoms with Crippen LogP contribution in [0, 0.1) is 0 Å². The number of benzene rings is 2. The SMILES string of the molecule is CCOC(=O)C1(CCCCCCOc2ccc(Cl)cc2)CO1.CCOC(=O)C1(CCCCOc2cccc(C(F)(F)F)c2)CO1. The number of esters is 2. The first-order chi connectivity index (χ1) is 21.5. The first-order valence-corrected chi connectivity index (χ1v) is 15.7. The molecule has 2 heterocycles. The highest BCUT2D eigenvalue weighted by Gasteiger charge is 2.53. The number of ether oxygens (including phenoxy) is 6. The van der Waals surface area contributed by atoms with E-state index in [4.69, 9.17) is 40.0 Å². The van der Waals surface area contributed by atoms with Crippen LogP contribution in [0.5, 0.6) is 11.5 Å². The van der Waals surface area contributed by atoms with Gasteiger partial charge < -0.3 is 28.4 Å². The zero-order valence-corrected chi connectivity index (χ0v) is 26.6. The van der Waals surface area contributed by atoms with Gasteiger partial charge in [-0.15, -0.1) is 0 Å². The monoisotopic (exact) mass is 658 g/mol. The van der Waals surface area contributed by atoms with Crippen molar-refractivity contribution in [3.8, 4) is 11.5 Å². The largest absolute Gasteiger partial charge is 0.494 e. The van der Waals surface area contributed by atoms with Gasteiger partial charge in [0.05, 0.1) is 45.2 Å². The Bertz CT molecular complexity index is 1200. The van der Waals surface area contributed by atoms with Crippen LogP contribution in [0.4, 0.5) is 13.2 Å². The lowest BCUT2D eigenvalue weighted by molar-refractivity contribution is -0.150. The van der Waals surface area contributed by atoms with Crippen LogP contribution in [0.25, 0.3) is 0 Å². The Balaban J connectivity index is 0.000000246. The van der Waals surface area contributed by atoms with E-state index in [0.717, 1.165) is 50.0 Å². The van der Waals surface area contributed by atoms with Crippen molar-refractivity contribution in [2.24, 2.45) is 0 Å². The zero-order chi connectivity index (χ0) is 32.8. The van der Waals surface area contributed by atoms with Crippen LogP contribution >= 0.6 is 11.6 Å². The molecule has 2 fully saturated rings. The molecule has 12 heteroatoms. The summed E-state index contributed by atoms with van der Waals surface area (Å²) < 4.78 is 69.1. The van der Waals surface area contributed by atoms with Crippen molar-refractivity contribution < 1.29 is 51.2 Å². The molecule has 0 bridgehead atoms. The molecule has 2 aliphatic rings. The molecule has 45 heavy (non-hydrogen) atoms. The van der Waals surface area contributed by atoms with Gasteiger partial charge in [-0.05, 0) is 94.8 Å². The Morgan fingerprint density at radius 1 is 0.756 bits per heavy atom. The fourth-order valence-electron chi connectivity index (χ4n) is 4.48. The van der Waals surface area contributed by atoms with Crippen LogP contribution in [0.3, 0.4) is 0 Å². The number of unbranched alkanes of at least 4 members (excludes halogenated alkanes) is 4. The van der Waals surface area contributed by atoms with Gasteiger partial charge in [-0.3, -0.25) is 0 Å². The third kappa shape index (κ3) is 12.4. The minimum Gasteiger partial charge on any atom is -0.494 e. The molecule has 2 aliphatic heterocycles. The molecule has 0 N–H and O–H groups in total. The highest BCUT2D eigenvalue weighted by Crippen LogP contribution is 2.35. The van der Waals surface area contributed by atoms with E-state index in [2.05, 4.69) is 0 Å². The van der Waals surface area contributed by atoms with Crippen molar-refractivity contribution >= 4 is 23.5 Å². The maximum atomic E-state index is 12.6. The first kappa shape index (κ1) is 36.4. The predicted molar refractivity (Wildman–Crippen MR) is 161 cm³/mol. The summed E-state index contributed by atoms with van der Waals surface area (Å²) in [5.41, 5.74) is -2.18. The highest BCUT2D eigenvalue weighted by molar-refractivity contribution is 6.30. The zero-order valence-electron chi connectivity index (χ0n) is 25.8. The average molecular weight is 659 g/mol. The van der Waals surface area contributed by atoms with Crippen LogP contribution in [0.15, 0.2) is 48.5 Å². The fraction of sp³-hybridized carbons (Fsp3) is 0.576. The summed E-state index contributed by atoms with van der Waals surface area (Å²) in [6.45, 7) is 6.10. The Morgan fingerprint density at radius 3 is 1.76 bits per heavy atom. The third-order valence-corrected chi connectivity index (χ3v) is 7.49. The molecule has 0 aliphatic carbocycles. The predicted octanol–water partition coefficient (Wildman–Crippen LogP) is 7.59. The molecule has 0 spiro atoms. The second-order valence-corrected chi connectivity index (χ2v) is 11.2. The number of carbonyl (C=O) groups excluding carboxylic acids is 2. The second kappa shape index (κ2) is 17.6. The summed E-state index contributed by atoms with van der Waals surface area (Å²) >= 11 is 5.82. The van der Waals surface area contributed by atoms with Crippen molar-refractivity contribution in [3.63, 3.8) is 0 Å². The summed E-state index contributed by atoms with van der Waals surface area (Å²) in [5, 5.41) is 0.713. The minimum absolute atomic E-state index is 0.183. The van der Waals surface area contributed by atoms with Gasteiger partial charge in [0.2, 0.25) is 0 Å².